The molecule has 2 atom stereocenters. The van der Waals surface area contributed by atoms with Gasteiger partial charge in [-0.3, -0.25) is 4.79 Å². The van der Waals surface area contributed by atoms with Crippen LogP contribution in [0, 0.1) is 13.8 Å². The van der Waals surface area contributed by atoms with Gasteiger partial charge in [0.05, 0.1) is 11.4 Å². The molecular weight excluding hydrogens is 366 g/mol. The first-order chi connectivity index (χ1) is 13.9. The first kappa shape index (κ1) is 20.8. The normalized spacial score (nSPS) is 19.5. The second kappa shape index (κ2) is 9.07. The summed E-state index contributed by atoms with van der Waals surface area (Å²) in [5, 5.41) is 4.56. The van der Waals surface area contributed by atoms with E-state index in [-0.39, 0.29) is 24.6 Å². The number of para-hydroxylation sites is 1. The molecule has 154 valence electrons. The number of amides is 1. The van der Waals surface area contributed by atoms with Gasteiger partial charge in [0, 0.05) is 29.4 Å². The van der Waals surface area contributed by atoms with E-state index in [1.165, 1.54) is 6.08 Å². The molecule has 6 heteroatoms. The summed E-state index contributed by atoms with van der Waals surface area (Å²) in [5.41, 5.74) is 3.59. The van der Waals surface area contributed by atoms with Gasteiger partial charge in [0.25, 0.3) is 5.91 Å². The smallest absolute Gasteiger partial charge is 0.331 e. The number of carbonyl (C=O) groups excluding carboxylic acids is 2. The molecule has 0 aliphatic carbocycles. The number of piperidine rings is 1. The van der Waals surface area contributed by atoms with Gasteiger partial charge in [-0.15, -0.1) is 0 Å². The lowest BCUT2D eigenvalue weighted by Crippen LogP contribution is -2.49. The minimum Gasteiger partial charge on any atom is -0.452 e. The number of esters is 1. The fourth-order valence-corrected chi connectivity index (χ4v) is 4.04. The molecule has 1 fully saturated rings. The second-order valence-corrected chi connectivity index (χ2v) is 7.70. The van der Waals surface area contributed by atoms with E-state index in [4.69, 9.17) is 4.74 Å². The summed E-state index contributed by atoms with van der Waals surface area (Å²) in [6, 6.07) is 10.2. The van der Waals surface area contributed by atoms with Crippen LogP contribution < -0.4 is 0 Å². The van der Waals surface area contributed by atoms with E-state index < -0.39 is 5.97 Å². The van der Waals surface area contributed by atoms with Crippen molar-refractivity contribution in [3.05, 3.63) is 53.4 Å². The number of aromatic nitrogens is 2. The number of likely N-dealkylation sites (tertiary alicyclic amines) is 1. The largest absolute Gasteiger partial charge is 0.452 e. The predicted octanol–water partition coefficient (Wildman–Crippen LogP) is 3.84. The first-order valence-electron chi connectivity index (χ1n) is 10.2. The van der Waals surface area contributed by atoms with Crippen LogP contribution in [0.15, 0.2) is 36.4 Å². The standard InChI is InChI=1S/C23H29N3O3/c1-16-9-8-10-17(2)25(16)22(27)15-29-23(28)14-13-21-18(3)24-26(19(21)4)20-11-6-5-7-12-20/h5-7,11-14,16-17H,8-10,15H2,1-4H3/b14-13+/t16-,17+. The van der Waals surface area contributed by atoms with Crippen molar-refractivity contribution in [1.82, 2.24) is 14.7 Å². The zero-order valence-corrected chi connectivity index (χ0v) is 17.6. The van der Waals surface area contributed by atoms with E-state index in [0.717, 1.165) is 41.9 Å². The molecule has 6 nitrogen and oxygen atoms in total. The van der Waals surface area contributed by atoms with Gasteiger partial charge in [0.2, 0.25) is 0 Å². The Hall–Kier alpha value is -2.89. The molecule has 0 unspecified atom stereocenters. The second-order valence-electron chi connectivity index (χ2n) is 7.70. The third kappa shape index (κ3) is 4.75. The highest BCUT2D eigenvalue weighted by Crippen LogP contribution is 2.22. The van der Waals surface area contributed by atoms with Crippen LogP contribution in [-0.2, 0) is 14.3 Å². The Kier molecular flexibility index (Phi) is 6.52. The number of nitrogens with zero attached hydrogens (tertiary/aromatic N) is 3. The van der Waals surface area contributed by atoms with Gasteiger partial charge in [0.15, 0.2) is 6.61 Å². The van der Waals surface area contributed by atoms with Crippen LogP contribution in [0.1, 0.15) is 50.1 Å². The summed E-state index contributed by atoms with van der Waals surface area (Å²) < 4.78 is 7.05. The topological polar surface area (TPSA) is 64.4 Å². The molecule has 2 aromatic rings. The third-order valence-corrected chi connectivity index (χ3v) is 5.55. The number of hydrogen-bond donors (Lipinski definition) is 0. The van der Waals surface area contributed by atoms with Crippen LogP contribution >= 0.6 is 0 Å². The van der Waals surface area contributed by atoms with Crippen molar-refractivity contribution in [2.24, 2.45) is 0 Å². The maximum atomic E-state index is 12.5. The van der Waals surface area contributed by atoms with Crippen molar-refractivity contribution < 1.29 is 14.3 Å². The monoisotopic (exact) mass is 395 g/mol. The number of rotatable bonds is 5. The fraction of sp³-hybridized carbons (Fsp3) is 0.435. The number of carbonyl (C=O) groups is 2. The highest BCUT2D eigenvalue weighted by atomic mass is 16.5. The maximum Gasteiger partial charge on any atom is 0.331 e. The molecule has 0 spiro atoms. The van der Waals surface area contributed by atoms with E-state index in [1.54, 1.807) is 6.08 Å². The lowest BCUT2D eigenvalue weighted by molar-refractivity contribution is -0.151. The van der Waals surface area contributed by atoms with Crippen LogP contribution in [-0.4, -0.2) is 45.2 Å². The van der Waals surface area contributed by atoms with E-state index >= 15 is 0 Å². The summed E-state index contributed by atoms with van der Waals surface area (Å²) >= 11 is 0. The van der Waals surface area contributed by atoms with Gasteiger partial charge in [0.1, 0.15) is 0 Å². The zero-order chi connectivity index (χ0) is 21.0. The molecule has 0 saturated carbocycles. The quantitative estimate of drug-likeness (QED) is 0.570. The average Bonchev–Trinajstić information content (AvgIpc) is 2.99. The van der Waals surface area contributed by atoms with Crippen molar-refractivity contribution in [2.45, 2.75) is 59.0 Å². The molecule has 0 N–H and O–H groups in total. The molecule has 0 radical (unpaired) electrons. The lowest BCUT2D eigenvalue weighted by Gasteiger charge is -2.38. The van der Waals surface area contributed by atoms with Gasteiger partial charge in [-0.05, 0) is 65.2 Å². The van der Waals surface area contributed by atoms with Crippen LogP contribution in [0.25, 0.3) is 11.8 Å². The Balaban J connectivity index is 1.62. The van der Waals surface area contributed by atoms with Gasteiger partial charge in [-0.2, -0.15) is 5.10 Å². The van der Waals surface area contributed by atoms with Crippen molar-refractivity contribution in [2.75, 3.05) is 6.61 Å². The van der Waals surface area contributed by atoms with Crippen molar-refractivity contribution in [3.63, 3.8) is 0 Å². The molecule has 1 amide bonds. The predicted molar refractivity (Wildman–Crippen MR) is 113 cm³/mol. The van der Waals surface area contributed by atoms with E-state index in [1.807, 2.05) is 67.6 Å². The van der Waals surface area contributed by atoms with Crippen LogP contribution in [0.2, 0.25) is 0 Å². The van der Waals surface area contributed by atoms with E-state index in [9.17, 15) is 9.59 Å². The minimum atomic E-state index is -0.526. The lowest BCUT2D eigenvalue weighted by atomic mass is 9.97. The molecule has 1 aromatic carbocycles. The number of ether oxygens (including phenoxy) is 1. The summed E-state index contributed by atoms with van der Waals surface area (Å²) in [6.45, 7) is 7.73. The highest BCUT2D eigenvalue weighted by molar-refractivity contribution is 5.89. The molecule has 29 heavy (non-hydrogen) atoms. The summed E-state index contributed by atoms with van der Waals surface area (Å²) in [7, 11) is 0. The molecule has 1 saturated heterocycles. The number of aryl methyl sites for hydroxylation is 1. The van der Waals surface area contributed by atoms with Gasteiger partial charge < -0.3 is 9.64 Å². The van der Waals surface area contributed by atoms with Gasteiger partial charge in [-0.1, -0.05) is 18.2 Å². The van der Waals surface area contributed by atoms with Crippen molar-refractivity contribution in [3.8, 4) is 5.69 Å². The fourth-order valence-electron chi connectivity index (χ4n) is 4.04. The third-order valence-electron chi connectivity index (χ3n) is 5.55. The first-order valence-corrected chi connectivity index (χ1v) is 10.2. The van der Waals surface area contributed by atoms with Crippen LogP contribution in [0.5, 0.6) is 0 Å². The molecule has 2 heterocycles. The molecular formula is C23H29N3O3. The van der Waals surface area contributed by atoms with E-state index in [2.05, 4.69) is 5.10 Å². The molecule has 1 aliphatic heterocycles. The Morgan fingerprint density at radius 3 is 2.45 bits per heavy atom. The van der Waals surface area contributed by atoms with Crippen LogP contribution in [0.4, 0.5) is 0 Å². The number of hydrogen-bond acceptors (Lipinski definition) is 4. The maximum absolute atomic E-state index is 12.5. The Morgan fingerprint density at radius 1 is 1.14 bits per heavy atom. The SMILES string of the molecule is Cc1nn(-c2ccccc2)c(C)c1/C=C/C(=O)OCC(=O)N1[C@H](C)CCC[C@@H]1C. The van der Waals surface area contributed by atoms with Crippen LogP contribution in [0.3, 0.4) is 0 Å². The Labute approximate surface area is 172 Å². The van der Waals surface area contributed by atoms with Gasteiger partial charge in [-0.25, -0.2) is 9.48 Å². The molecule has 1 aromatic heterocycles. The van der Waals surface area contributed by atoms with Crippen molar-refractivity contribution >= 4 is 18.0 Å². The summed E-state index contributed by atoms with van der Waals surface area (Å²) in [5.74, 6) is -0.655. The minimum absolute atomic E-state index is 0.129. The van der Waals surface area contributed by atoms with E-state index in [0.29, 0.717) is 0 Å². The molecule has 1 aliphatic rings. The highest BCUT2D eigenvalue weighted by Gasteiger charge is 2.29. The van der Waals surface area contributed by atoms with Gasteiger partial charge >= 0.3 is 5.97 Å². The average molecular weight is 396 g/mol. The Morgan fingerprint density at radius 2 is 1.79 bits per heavy atom. The number of benzene rings is 1. The zero-order valence-electron chi connectivity index (χ0n) is 17.6. The Bertz CT molecular complexity index is 892. The summed E-state index contributed by atoms with van der Waals surface area (Å²) in [6.07, 6.45) is 6.19. The molecule has 0 bridgehead atoms. The molecule has 3 rings (SSSR count). The van der Waals surface area contributed by atoms with Crippen molar-refractivity contribution in [1.29, 1.82) is 0 Å². The summed E-state index contributed by atoms with van der Waals surface area (Å²) in [4.78, 5) is 26.5.